The average Bonchev–Trinajstić information content (AvgIpc) is 3.38. The number of aryl methyl sites for hydroxylation is 1. The lowest BCUT2D eigenvalue weighted by Crippen LogP contribution is -2.38. The van der Waals surface area contributed by atoms with Crippen LogP contribution in [0.2, 0.25) is 0 Å². The van der Waals surface area contributed by atoms with Gasteiger partial charge in [-0.2, -0.15) is 18.3 Å². The Labute approximate surface area is 190 Å². The number of benzene rings is 1. The van der Waals surface area contributed by atoms with E-state index in [9.17, 15) is 31.5 Å². The lowest BCUT2D eigenvalue weighted by molar-refractivity contribution is -0.140. The molecule has 1 aliphatic heterocycles. The molecular weight excluding hydrogens is 459 g/mol. The molecule has 2 heterocycles. The third-order valence-corrected chi connectivity index (χ3v) is 8.73. The topological polar surface area (TPSA) is 92.5 Å². The summed E-state index contributed by atoms with van der Waals surface area (Å²) < 4.78 is 68.9. The Morgan fingerprint density at radius 3 is 2.45 bits per heavy atom. The molecule has 0 bridgehead atoms. The van der Waals surface area contributed by atoms with Crippen LogP contribution in [0.3, 0.4) is 0 Å². The van der Waals surface area contributed by atoms with Gasteiger partial charge in [0.2, 0.25) is 0 Å². The average molecular weight is 486 g/mol. The molecule has 180 valence electrons. The Kier molecular flexibility index (Phi) is 6.19. The van der Waals surface area contributed by atoms with Gasteiger partial charge in [-0.1, -0.05) is 31.4 Å². The predicted molar refractivity (Wildman–Crippen MR) is 115 cm³/mol. The largest absolute Gasteiger partial charge is 0.480 e. The van der Waals surface area contributed by atoms with Crippen molar-refractivity contribution in [3.8, 4) is 0 Å². The van der Waals surface area contributed by atoms with Crippen molar-refractivity contribution < 1.29 is 31.5 Å². The fourth-order valence-corrected chi connectivity index (χ4v) is 6.86. The van der Waals surface area contributed by atoms with E-state index in [-0.39, 0.29) is 19.0 Å². The van der Waals surface area contributed by atoms with Crippen molar-refractivity contribution in [1.82, 2.24) is 9.78 Å². The minimum absolute atomic E-state index is 0.0820. The maximum absolute atomic E-state index is 13.5. The molecule has 1 saturated heterocycles. The number of aromatic nitrogens is 2. The number of alkyl halides is 3. The van der Waals surface area contributed by atoms with E-state index in [1.807, 2.05) is 0 Å². The molecule has 11 heteroatoms. The molecule has 1 N–H and O–H groups in total. The van der Waals surface area contributed by atoms with E-state index in [0.29, 0.717) is 11.5 Å². The summed E-state index contributed by atoms with van der Waals surface area (Å²) in [5.74, 6) is -0.709. The fraction of sp³-hybridized carbons (Fsp3) is 0.545. The van der Waals surface area contributed by atoms with Crippen molar-refractivity contribution in [3.63, 3.8) is 0 Å². The molecule has 2 fully saturated rings. The van der Waals surface area contributed by atoms with Gasteiger partial charge < -0.3 is 10.0 Å². The first-order valence-electron chi connectivity index (χ1n) is 11.0. The highest BCUT2D eigenvalue weighted by atomic mass is 32.2. The van der Waals surface area contributed by atoms with E-state index in [2.05, 4.69) is 5.10 Å². The van der Waals surface area contributed by atoms with Gasteiger partial charge in [-0.15, -0.1) is 0 Å². The summed E-state index contributed by atoms with van der Waals surface area (Å²) in [6, 6.07) is 4.67. The molecule has 7 nitrogen and oxygen atoms in total. The number of rotatable bonds is 5. The number of carbonyl (C=O) groups is 1. The second-order valence-corrected chi connectivity index (χ2v) is 11.0. The number of anilines is 1. The number of aliphatic carboxylic acids is 1. The normalized spacial score (nSPS) is 22.6. The summed E-state index contributed by atoms with van der Waals surface area (Å²) in [4.78, 5) is 12.7. The van der Waals surface area contributed by atoms with Crippen molar-refractivity contribution in [2.75, 3.05) is 11.4 Å². The Bertz CT molecular complexity index is 1140. The SMILES string of the molecule is Cc1cc(N2C[C@H](S(=O)(=O)c3ccccc3C(F)(F)F)C[C@@H]2C(=O)O)n(C2CCCCC2)n1. The first kappa shape index (κ1) is 23.6. The third kappa shape index (κ3) is 4.47. The third-order valence-electron chi connectivity index (χ3n) is 6.54. The van der Waals surface area contributed by atoms with E-state index in [1.165, 1.54) is 11.0 Å². The standard InChI is InChI=1S/C22H26F3N3O4S/c1-14-11-20(28(26-14)15-7-3-2-4-8-15)27-13-16(12-18(27)21(29)30)33(31,32)19-10-6-5-9-17(19)22(23,24)25/h5-6,9-11,15-16,18H,2-4,7-8,12-13H2,1H3,(H,29,30)/t16-,18-/m1/s1. The van der Waals surface area contributed by atoms with Crippen molar-refractivity contribution in [1.29, 1.82) is 0 Å². The molecule has 4 rings (SSSR count). The van der Waals surface area contributed by atoms with E-state index in [0.717, 1.165) is 50.3 Å². The van der Waals surface area contributed by atoms with Gasteiger partial charge in [-0.05, 0) is 38.3 Å². The Morgan fingerprint density at radius 2 is 1.82 bits per heavy atom. The molecule has 0 spiro atoms. The molecule has 2 aromatic rings. The van der Waals surface area contributed by atoms with E-state index in [1.54, 1.807) is 17.7 Å². The Balaban J connectivity index is 1.72. The molecular formula is C22H26F3N3O4S. The Hall–Kier alpha value is -2.56. The van der Waals surface area contributed by atoms with E-state index < -0.39 is 43.7 Å². The number of carboxylic acid groups (broad SMARTS) is 1. The zero-order chi connectivity index (χ0) is 24.0. The van der Waals surface area contributed by atoms with Crippen molar-refractivity contribution in [3.05, 3.63) is 41.6 Å². The summed E-state index contributed by atoms with van der Waals surface area (Å²) in [6.45, 7) is 1.56. The van der Waals surface area contributed by atoms with Crippen LogP contribution in [-0.4, -0.2) is 47.1 Å². The minimum atomic E-state index is -4.84. The number of hydrogen-bond acceptors (Lipinski definition) is 5. The van der Waals surface area contributed by atoms with Gasteiger partial charge in [-0.25, -0.2) is 17.9 Å². The molecule has 1 aromatic heterocycles. The molecule has 33 heavy (non-hydrogen) atoms. The van der Waals surface area contributed by atoms with Crippen LogP contribution in [0.5, 0.6) is 0 Å². The van der Waals surface area contributed by atoms with E-state index in [4.69, 9.17) is 0 Å². The van der Waals surface area contributed by atoms with E-state index >= 15 is 0 Å². The molecule has 0 amide bonds. The first-order valence-corrected chi connectivity index (χ1v) is 12.5. The first-order chi connectivity index (χ1) is 15.5. The molecule has 0 unspecified atom stereocenters. The maximum atomic E-state index is 13.5. The monoisotopic (exact) mass is 485 g/mol. The molecule has 1 aromatic carbocycles. The second-order valence-electron chi connectivity index (χ2n) is 8.78. The van der Waals surface area contributed by atoms with Gasteiger partial charge in [0.1, 0.15) is 11.9 Å². The summed E-state index contributed by atoms with van der Waals surface area (Å²) in [6.07, 6.45) is -0.204. The van der Waals surface area contributed by atoms with Gasteiger partial charge >= 0.3 is 12.1 Å². The lowest BCUT2D eigenvalue weighted by Gasteiger charge is -2.29. The van der Waals surface area contributed by atoms with Crippen molar-refractivity contribution in [2.24, 2.45) is 0 Å². The maximum Gasteiger partial charge on any atom is 0.417 e. The van der Waals surface area contributed by atoms with Crippen molar-refractivity contribution >= 4 is 21.6 Å². The van der Waals surface area contributed by atoms with Crippen LogP contribution in [0.4, 0.5) is 19.0 Å². The van der Waals surface area contributed by atoms with Crippen LogP contribution in [-0.2, 0) is 20.8 Å². The fourth-order valence-electron chi connectivity index (χ4n) is 4.95. The number of sulfone groups is 1. The van der Waals surface area contributed by atoms with Gasteiger partial charge in [0.15, 0.2) is 9.84 Å². The number of nitrogens with zero attached hydrogens (tertiary/aromatic N) is 3. The molecule has 1 aliphatic carbocycles. The smallest absolute Gasteiger partial charge is 0.417 e. The molecule has 1 saturated carbocycles. The van der Waals surface area contributed by atoms with Crippen LogP contribution < -0.4 is 4.90 Å². The van der Waals surface area contributed by atoms with Gasteiger partial charge in [0.05, 0.1) is 27.4 Å². The summed E-state index contributed by atoms with van der Waals surface area (Å²) in [5, 5.41) is 13.1. The van der Waals surface area contributed by atoms with Crippen molar-refractivity contribution in [2.45, 2.75) is 73.9 Å². The number of halogens is 3. The Morgan fingerprint density at radius 1 is 1.15 bits per heavy atom. The molecule has 0 radical (unpaired) electrons. The minimum Gasteiger partial charge on any atom is -0.480 e. The molecule has 2 aliphatic rings. The van der Waals surface area contributed by atoms with Crippen LogP contribution in [0.15, 0.2) is 35.2 Å². The lowest BCUT2D eigenvalue weighted by atomic mass is 9.96. The number of hydrogen-bond donors (Lipinski definition) is 1. The summed E-state index contributed by atoms with van der Waals surface area (Å²) in [7, 11) is -4.45. The molecule has 2 atom stereocenters. The number of carboxylic acids is 1. The summed E-state index contributed by atoms with van der Waals surface area (Å²) in [5.41, 5.74) is -0.563. The van der Waals surface area contributed by atoms with Crippen LogP contribution in [0.25, 0.3) is 0 Å². The second kappa shape index (κ2) is 8.66. The van der Waals surface area contributed by atoms with Gasteiger partial charge in [0, 0.05) is 12.6 Å². The highest BCUT2D eigenvalue weighted by Crippen LogP contribution is 2.40. The zero-order valence-electron chi connectivity index (χ0n) is 18.1. The highest BCUT2D eigenvalue weighted by Gasteiger charge is 2.47. The van der Waals surface area contributed by atoms with Gasteiger partial charge in [0.25, 0.3) is 0 Å². The van der Waals surface area contributed by atoms with Crippen LogP contribution >= 0.6 is 0 Å². The quantitative estimate of drug-likeness (QED) is 0.682. The summed E-state index contributed by atoms with van der Waals surface area (Å²) >= 11 is 0. The van der Waals surface area contributed by atoms with Gasteiger partial charge in [-0.3, -0.25) is 0 Å². The van der Waals surface area contributed by atoms with Crippen LogP contribution in [0, 0.1) is 6.92 Å². The van der Waals surface area contributed by atoms with Crippen LogP contribution in [0.1, 0.15) is 55.8 Å². The predicted octanol–water partition coefficient (Wildman–Crippen LogP) is 4.22. The zero-order valence-corrected chi connectivity index (χ0v) is 18.9. The highest BCUT2D eigenvalue weighted by molar-refractivity contribution is 7.92.